The molecule has 6 unspecified atom stereocenters. The van der Waals surface area contributed by atoms with E-state index in [4.69, 9.17) is 10.8 Å². The number of hydrogen-bond donors (Lipinski definition) is 7. The number of hydrogen-bond acceptors (Lipinski definition) is 8. The standard InChI is InChI=1S/C20H36N4O8S/c1-5-10(2)15(20(31)32)23-19(30)16(11(3)25)24-18(29)13(6-7-14(26)27)22-17(28)12(21)8-9-33-4/h10-13,15-16,25H,5-9,21H2,1-4H3,(H,22,28)(H,23,30)(H,24,29)(H,26,27)(H,31,32). The van der Waals surface area contributed by atoms with E-state index in [-0.39, 0.29) is 6.42 Å². The molecule has 12 nitrogen and oxygen atoms in total. The van der Waals surface area contributed by atoms with E-state index in [1.807, 2.05) is 6.26 Å². The molecule has 0 aliphatic rings. The fraction of sp³-hybridized carbons (Fsp3) is 0.750. The minimum absolute atomic E-state index is 0.277. The SMILES string of the molecule is CCC(C)C(NC(=O)C(NC(=O)C(CCC(=O)O)NC(=O)C(N)CCSC)C(C)O)C(=O)O. The molecular weight excluding hydrogens is 456 g/mol. The number of nitrogens with two attached hydrogens (primary N) is 1. The predicted octanol–water partition coefficient (Wildman–Crippen LogP) is -1.10. The first kappa shape index (κ1) is 30.6. The number of carbonyl (C=O) groups excluding carboxylic acids is 3. The summed E-state index contributed by atoms with van der Waals surface area (Å²) in [5.41, 5.74) is 5.80. The van der Waals surface area contributed by atoms with Gasteiger partial charge in [-0.2, -0.15) is 11.8 Å². The number of nitrogens with one attached hydrogen (secondary N) is 3. The highest BCUT2D eigenvalue weighted by Crippen LogP contribution is 2.09. The lowest BCUT2D eigenvalue weighted by molar-refractivity contribution is -0.144. The van der Waals surface area contributed by atoms with Crippen molar-refractivity contribution in [2.75, 3.05) is 12.0 Å². The van der Waals surface area contributed by atoms with Gasteiger partial charge in [0.05, 0.1) is 12.1 Å². The van der Waals surface area contributed by atoms with Crippen LogP contribution in [0.4, 0.5) is 0 Å². The third-order valence-electron chi connectivity index (χ3n) is 5.09. The normalized spacial score (nSPS) is 16.4. The maximum Gasteiger partial charge on any atom is 0.326 e. The second-order valence-electron chi connectivity index (χ2n) is 7.82. The maximum absolute atomic E-state index is 12.8. The smallest absolute Gasteiger partial charge is 0.326 e. The molecule has 3 amide bonds. The summed E-state index contributed by atoms with van der Waals surface area (Å²) in [5.74, 6) is -4.76. The monoisotopic (exact) mass is 492 g/mol. The molecule has 0 rings (SSSR count). The van der Waals surface area contributed by atoms with E-state index in [1.165, 1.54) is 18.7 Å². The summed E-state index contributed by atoms with van der Waals surface area (Å²) in [6.07, 6.45) is 0.513. The van der Waals surface area contributed by atoms with Crippen molar-refractivity contribution in [2.24, 2.45) is 11.7 Å². The number of amides is 3. The molecule has 13 heteroatoms. The van der Waals surface area contributed by atoms with Gasteiger partial charge in [0.25, 0.3) is 0 Å². The van der Waals surface area contributed by atoms with Crippen molar-refractivity contribution in [2.45, 2.75) is 76.7 Å². The van der Waals surface area contributed by atoms with Crippen LogP contribution < -0.4 is 21.7 Å². The number of carboxylic acid groups (broad SMARTS) is 2. The molecule has 0 aliphatic heterocycles. The number of carbonyl (C=O) groups is 5. The number of carboxylic acids is 2. The Morgan fingerprint density at radius 1 is 0.909 bits per heavy atom. The fourth-order valence-corrected chi connectivity index (χ4v) is 3.27. The Bertz CT molecular complexity index is 691. The summed E-state index contributed by atoms with van der Waals surface area (Å²) in [6, 6.07) is -5.01. The third-order valence-corrected chi connectivity index (χ3v) is 5.73. The first-order valence-corrected chi connectivity index (χ1v) is 12.0. The Morgan fingerprint density at radius 2 is 1.48 bits per heavy atom. The number of rotatable bonds is 16. The van der Waals surface area contributed by atoms with E-state index >= 15 is 0 Å². The molecule has 0 spiro atoms. The van der Waals surface area contributed by atoms with Crippen LogP contribution in [0.25, 0.3) is 0 Å². The number of aliphatic hydroxyl groups excluding tert-OH is 1. The first-order chi connectivity index (χ1) is 15.3. The van der Waals surface area contributed by atoms with Crippen LogP contribution in [-0.4, -0.2) is 87.3 Å². The minimum atomic E-state index is -1.53. The molecule has 33 heavy (non-hydrogen) atoms. The molecule has 0 bridgehead atoms. The molecule has 0 aliphatic carbocycles. The van der Waals surface area contributed by atoms with Crippen LogP contribution in [0.1, 0.15) is 46.5 Å². The molecule has 190 valence electrons. The van der Waals surface area contributed by atoms with Crippen molar-refractivity contribution in [3.05, 3.63) is 0 Å². The number of aliphatic carboxylic acids is 2. The highest BCUT2D eigenvalue weighted by molar-refractivity contribution is 7.98. The summed E-state index contributed by atoms with van der Waals surface area (Å²) < 4.78 is 0. The summed E-state index contributed by atoms with van der Waals surface area (Å²) >= 11 is 1.48. The first-order valence-electron chi connectivity index (χ1n) is 10.6. The molecule has 0 aromatic rings. The van der Waals surface area contributed by atoms with E-state index in [2.05, 4.69) is 16.0 Å². The van der Waals surface area contributed by atoms with E-state index in [0.29, 0.717) is 18.6 Å². The van der Waals surface area contributed by atoms with Crippen molar-refractivity contribution in [1.82, 2.24) is 16.0 Å². The van der Waals surface area contributed by atoms with Crippen LogP contribution in [-0.2, 0) is 24.0 Å². The molecule has 6 atom stereocenters. The van der Waals surface area contributed by atoms with Gasteiger partial charge in [0, 0.05) is 6.42 Å². The summed E-state index contributed by atoms with van der Waals surface area (Å²) in [4.78, 5) is 60.2. The molecule has 0 heterocycles. The molecule has 0 saturated heterocycles. The van der Waals surface area contributed by atoms with Gasteiger partial charge in [0.15, 0.2) is 0 Å². The second kappa shape index (κ2) is 15.5. The van der Waals surface area contributed by atoms with Gasteiger partial charge < -0.3 is 37.0 Å². The van der Waals surface area contributed by atoms with E-state index in [1.54, 1.807) is 13.8 Å². The zero-order valence-electron chi connectivity index (χ0n) is 19.4. The molecule has 0 aromatic carbocycles. The average Bonchev–Trinajstić information content (AvgIpc) is 2.74. The number of aliphatic hydroxyl groups is 1. The zero-order chi connectivity index (χ0) is 25.7. The quantitative estimate of drug-likeness (QED) is 0.138. The predicted molar refractivity (Wildman–Crippen MR) is 122 cm³/mol. The van der Waals surface area contributed by atoms with Crippen molar-refractivity contribution in [3.63, 3.8) is 0 Å². The van der Waals surface area contributed by atoms with Crippen LogP contribution in [0.2, 0.25) is 0 Å². The number of thioether (sulfide) groups is 1. The highest BCUT2D eigenvalue weighted by atomic mass is 32.2. The van der Waals surface area contributed by atoms with Gasteiger partial charge in [-0.05, 0) is 37.7 Å². The van der Waals surface area contributed by atoms with E-state index < -0.39 is 72.3 Å². The van der Waals surface area contributed by atoms with Crippen molar-refractivity contribution in [1.29, 1.82) is 0 Å². The van der Waals surface area contributed by atoms with Crippen LogP contribution in [0.5, 0.6) is 0 Å². The lowest BCUT2D eigenvalue weighted by atomic mass is 9.98. The maximum atomic E-state index is 12.8. The van der Waals surface area contributed by atoms with Crippen LogP contribution >= 0.6 is 11.8 Å². The van der Waals surface area contributed by atoms with Gasteiger partial charge >= 0.3 is 11.9 Å². The van der Waals surface area contributed by atoms with Gasteiger partial charge in [-0.15, -0.1) is 0 Å². The minimum Gasteiger partial charge on any atom is -0.481 e. The van der Waals surface area contributed by atoms with Crippen LogP contribution in [0.3, 0.4) is 0 Å². The summed E-state index contributed by atoms with van der Waals surface area (Å²) in [5, 5.41) is 35.3. The molecule has 0 fully saturated rings. The van der Waals surface area contributed by atoms with Crippen LogP contribution in [0.15, 0.2) is 0 Å². The third kappa shape index (κ3) is 11.3. The Hall–Kier alpha value is -2.38. The highest BCUT2D eigenvalue weighted by Gasteiger charge is 2.34. The van der Waals surface area contributed by atoms with Gasteiger partial charge in [-0.3, -0.25) is 19.2 Å². The molecule has 0 radical (unpaired) electrons. The van der Waals surface area contributed by atoms with Gasteiger partial charge in [-0.25, -0.2) is 4.79 Å². The Kier molecular flexibility index (Phi) is 14.3. The second-order valence-corrected chi connectivity index (χ2v) is 8.80. The van der Waals surface area contributed by atoms with Gasteiger partial charge in [0.1, 0.15) is 18.1 Å². The van der Waals surface area contributed by atoms with Crippen LogP contribution in [0, 0.1) is 5.92 Å². The van der Waals surface area contributed by atoms with Gasteiger partial charge in [-0.1, -0.05) is 20.3 Å². The molecular formula is C20H36N4O8S. The summed E-state index contributed by atoms with van der Waals surface area (Å²) in [7, 11) is 0. The molecule has 0 aromatic heterocycles. The Labute approximate surface area is 197 Å². The largest absolute Gasteiger partial charge is 0.481 e. The summed E-state index contributed by atoms with van der Waals surface area (Å²) in [6.45, 7) is 4.61. The lowest BCUT2D eigenvalue weighted by Gasteiger charge is -2.27. The topological polar surface area (TPSA) is 208 Å². The Morgan fingerprint density at radius 3 is 1.94 bits per heavy atom. The van der Waals surface area contributed by atoms with E-state index in [9.17, 15) is 34.2 Å². The van der Waals surface area contributed by atoms with Gasteiger partial charge in [0.2, 0.25) is 17.7 Å². The van der Waals surface area contributed by atoms with Crippen molar-refractivity contribution < 1.29 is 39.3 Å². The lowest BCUT2D eigenvalue weighted by Crippen LogP contribution is -2.60. The zero-order valence-corrected chi connectivity index (χ0v) is 20.2. The molecule has 8 N–H and O–H groups in total. The van der Waals surface area contributed by atoms with Crippen molar-refractivity contribution in [3.8, 4) is 0 Å². The van der Waals surface area contributed by atoms with E-state index in [0.717, 1.165) is 0 Å². The Balaban J connectivity index is 5.48. The average molecular weight is 493 g/mol. The molecule has 0 saturated carbocycles. The van der Waals surface area contributed by atoms with Crippen molar-refractivity contribution >= 4 is 41.4 Å². The fourth-order valence-electron chi connectivity index (χ4n) is 2.78.